The van der Waals surface area contributed by atoms with Crippen LogP contribution in [0.2, 0.25) is 0 Å². The Morgan fingerprint density at radius 2 is 2.24 bits per heavy atom. The van der Waals surface area contributed by atoms with Gasteiger partial charge in [-0.1, -0.05) is 0 Å². The minimum atomic E-state index is 0.499. The highest BCUT2D eigenvalue weighted by atomic mass is 79.9. The van der Waals surface area contributed by atoms with Crippen molar-refractivity contribution in [2.75, 3.05) is 17.6 Å². The molecular weight excluding hydrogens is 300 g/mol. The van der Waals surface area contributed by atoms with Gasteiger partial charge in [-0.15, -0.1) is 11.3 Å². The molecule has 17 heavy (non-hydrogen) atoms. The van der Waals surface area contributed by atoms with Crippen molar-refractivity contribution >= 4 is 38.9 Å². The largest absolute Gasteiger partial charge is 0.384 e. The smallest absolute Gasteiger partial charge is 0.131 e. The van der Waals surface area contributed by atoms with Crippen molar-refractivity contribution in [2.24, 2.45) is 0 Å². The third-order valence-corrected chi connectivity index (χ3v) is 3.85. The molecule has 0 aliphatic rings. The Hall–Kier alpha value is -1.14. The van der Waals surface area contributed by atoms with E-state index in [1.54, 1.807) is 17.4 Å². The third-order valence-electron chi connectivity index (χ3n) is 2.16. The summed E-state index contributed by atoms with van der Waals surface area (Å²) in [5.41, 5.74) is 5.65. The molecular formula is C11H13BrN4S. The van der Waals surface area contributed by atoms with Crippen molar-refractivity contribution in [3.05, 3.63) is 32.7 Å². The molecule has 2 heterocycles. The van der Waals surface area contributed by atoms with E-state index in [4.69, 9.17) is 5.73 Å². The van der Waals surface area contributed by atoms with Crippen molar-refractivity contribution in [1.29, 1.82) is 0 Å². The van der Waals surface area contributed by atoms with E-state index in [-0.39, 0.29) is 0 Å². The first-order chi connectivity index (χ1) is 8.13. The van der Waals surface area contributed by atoms with Crippen LogP contribution in [0.5, 0.6) is 0 Å². The van der Waals surface area contributed by atoms with Crippen LogP contribution in [0.25, 0.3) is 0 Å². The Labute approximate surface area is 112 Å². The van der Waals surface area contributed by atoms with Gasteiger partial charge in [0.2, 0.25) is 0 Å². The van der Waals surface area contributed by atoms with Crippen LogP contribution in [0.1, 0.15) is 10.7 Å². The SMILES string of the molecule is Cc1nc(N)cc(NCCc2ccc(Br)s2)n1. The number of thiophene rings is 1. The van der Waals surface area contributed by atoms with Crippen LogP contribution in [0, 0.1) is 6.92 Å². The van der Waals surface area contributed by atoms with Gasteiger partial charge in [-0.3, -0.25) is 0 Å². The topological polar surface area (TPSA) is 63.8 Å². The maximum atomic E-state index is 5.65. The number of nitrogen functional groups attached to an aromatic ring is 1. The standard InChI is InChI=1S/C11H13BrN4S/c1-7-15-10(13)6-11(16-7)14-5-4-8-2-3-9(12)17-8/h2-3,6H,4-5H2,1H3,(H3,13,14,15,16). The Kier molecular flexibility index (Phi) is 3.96. The highest BCUT2D eigenvalue weighted by molar-refractivity contribution is 9.11. The lowest BCUT2D eigenvalue weighted by atomic mass is 10.3. The van der Waals surface area contributed by atoms with Crippen LogP contribution >= 0.6 is 27.3 Å². The van der Waals surface area contributed by atoms with E-state index in [0.29, 0.717) is 11.6 Å². The predicted octanol–water partition coefficient (Wildman–Crippen LogP) is 2.85. The zero-order valence-electron chi connectivity index (χ0n) is 9.40. The summed E-state index contributed by atoms with van der Waals surface area (Å²) >= 11 is 5.20. The summed E-state index contributed by atoms with van der Waals surface area (Å²) in [4.78, 5) is 9.62. The monoisotopic (exact) mass is 312 g/mol. The summed E-state index contributed by atoms with van der Waals surface area (Å²) in [5, 5.41) is 3.24. The fraction of sp³-hybridized carbons (Fsp3) is 0.273. The fourth-order valence-corrected chi connectivity index (χ4v) is 2.96. The van der Waals surface area contributed by atoms with Gasteiger partial charge in [0.15, 0.2) is 0 Å². The number of nitrogens with one attached hydrogen (secondary N) is 1. The maximum Gasteiger partial charge on any atom is 0.131 e. The van der Waals surface area contributed by atoms with Gasteiger partial charge in [0.1, 0.15) is 17.5 Å². The van der Waals surface area contributed by atoms with E-state index in [2.05, 4.69) is 43.3 Å². The van der Waals surface area contributed by atoms with E-state index in [1.807, 2.05) is 6.92 Å². The number of hydrogen-bond donors (Lipinski definition) is 2. The van der Waals surface area contributed by atoms with E-state index in [1.165, 1.54) is 4.88 Å². The van der Waals surface area contributed by atoms with E-state index in [9.17, 15) is 0 Å². The summed E-state index contributed by atoms with van der Waals surface area (Å²) in [5.74, 6) is 1.97. The molecule has 0 aliphatic heterocycles. The van der Waals surface area contributed by atoms with Gasteiger partial charge in [-0.05, 0) is 41.4 Å². The van der Waals surface area contributed by atoms with Crippen molar-refractivity contribution < 1.29 is 0 Å². The zero-order chi connectivity index (χ0) is 12.3. The molecule has 2 aromatic heterocycles. The molecule has 0 bridgehead atoms. The first-order valence-corrected chi connectivity index (χ1v) is 6.83. The van der Waals surface area contributed by atoms with Crippen molar-refractivity contribution in [2.45, 2.75) is 13.3 Å². The summed E-state index contributed by atoms with van der Waals surface area (Å²) in [6, 6.07) is 5.93. The van der Waals surface area contributed by atoms with E-state index >= 15 is 0 Å². The van der Waals surface area contributed by atoms with E-state index in [0.717, 1.165) is 22.6 Å². The van der Waals surface area contributed by atoms with Crippen LogP contribution in [-0.2, 0) is 6.42 Å². The summed E-state index contributed by atoms with van der Waals surface area (Å²) < 4.78 is 1.16. The Morgan fingerprint density at radius 1 is 1.41 bits per heavy atom. The van der Waals surface area contributed by atoms with Gasteiger partial charge in [0.05, 0.1) is 3.79 Å². The first-order valence-electron chi connectivity index (χ1n) is 5.23. The van der Waals surface area contributed by atoms with Crippen LogP contribution in [0.15, 0.2) is 22.0 Å². The van der Waals surface area contributed by atoms with Crippen molar-refractivity contribution in [3.63, 3.8) is 0 Å². The minimum Gasteiger partial charge on any atom is -0.384 e. The summed E-state index contributed by atoms with van der Waals surface area (Å²) in [6.45, 7) is 2.67. The molecule has 0 fully saturated rings. The first kappa shape index (κ1) is 12.3. The van der Waals surface area contributed by atoms with Crippen LogP contribution in [0.3, 0.4) is 0 Å². The number of aromatic nitrogens is 2. The number of hydrogen-bond acceptors (Lipinski definition) is 5. The second-order valence-corrected chi connectivity index (χ2v) is 6.16. The number of nitrogens with two attached hydrogens (primary N) is 1. The molecule has 2 rings (SSSR count). The number of aryl methyl sites for hydroxylation is 1. The quantitative estimate of drug-likeness (QED) is 0.911. The Bertz CT molecular complexity index is 492. The number of halogens is 1. The lowest BCUT2D eigenvalue weighted by Crippen LogP contribution is -2.07. The highest BCUT2D eigenvalue weighted by Gasteiger charge is 2.00. The summed E-state index contributed by atoms with van der Waals surface area (Å²) in [6.07, 6.45) is 0.971. The predicted molar refractivity (Wildman–Crippen MR) is 75.4 cm³/mol. The molecule has 0 spiro atoms. The van der Waals surface area contributed by atoms with Crippen LogP contribution < -0.4 is 11.1 Å². The lowest BCUT2D eigenvalue weighted by molar-refractivity contribution is 0.997. The lowest BCUT2D eigenvalue weighted by Gasteiger charge is -2.05. The molecule has 0 aromatic carbocycles. The second kappa shape index (κ2) is 5.46. The van der Waals surface area contributed by atoms with Gasteiger partial charge >= 0.3 is 0 Å². The summed E-state index contributed by atoms with van der Waals surface area (Å²) in [7, 11) is 0. The highest BCUT2D eigenvalue weighted by Crippen LogP contribution is 2.22. The molecule has 0 unspecified atom stereocenters. The molecule has 0 saturated heterocycles. The second-order valence-electron chi connectivity index (χ2n) is 3.61. The van der Waals surface area contributed by atoms with Crippen molar-refractivity contribution in [3.8, 4) is 0 Å². The number of anilines is 2. The van der Waals surface area contributed by atoms with Crippen molar-refractivity contribution in [1.82, 2.24) is 9.97 Å². The maximum absolute atomic E-state index is 5.65. The molecule has 0 amide bonds. The molecule has 0 saturated carbocycles. The normalized spacial score (nSPS) is 10.5. The van der Waals surface area contributed by atoms with Gasteiger partial charge < -0.3 is 11.1 Å². The van der Waals surface area contributed by atoms with Crippen LogP contribution in [0.4, 0.5) is 11.6 Å². The molecule has 4 nitrogen and oxygen atoms in total. The molecule has 6 heteroatoms. The third kappa shape index (κ3) is 3.67. The average Bonchev–Trinajstić information content (AvgIpc) is 2.63. The fourth-order valence-electron chi connectivity index (χ4n) is 1.48. The average molecular weight is 313 g/mol. The van der Waals surface area contributed by atoms with Gasteiger partial charge in [-0.2, -0.15) is 0 Å². The number of nitrogens with zero attached hydrogens (tertiary/aromatic N) is 2. The zero-order valence-corrected chi connectivity index (χ0v) is 11.8. The van der Waals surface area contributed by atoms with Gasteiger partial charge in [0.25, 0.3) is 0 Å². The molecule has 0 atom stereocenters. The van der Waals surface area contributed by atoms with Gasteiger partial charge in [-0.25, -0.2) is 9.97 Å². The van der Waals surface area contributed by atoms with Crippen LogP contribution in [-0.4, -0.2) is 16.5 Å². The molecule has 0 aliphatic carbocycles. The Morgan fingerprint density at radius 3 is 2.88 bits per heavy atom. The molecule has 90 valence electrons. The van der Waals surface area contributed by atoms with E-state index < -0.39 is 0 Å². The molecule has 0 radical (unpaired) electrons. The minimum absolute atomic E-state index is 0.499. The van der Waals surface area contributed by atoms with Gasteiger partial charge in [0, 0.05) is 17.5 Å². The molecule has 2 aromatic rings. The number of rotatable bonds is 4. The molecule has 3 N–H and O–H groups in total. The Balaban J connectivity index is 1.89.